The molecule has 0 aliphatic heterocycles. The largest absolute Gasteiger partial charge is 0.395 e. The lowest BCUT2D eigenvalue weighted by Gasteiger charge is -2.20. The molecular weight excluding hydrogens is 230 g/mol. The maximum Gasteiger partial charge on any atom is 0.124 e. The molecule has 0 atom stereocenters. The number of hydrogen-bond donors (Lipinski definition) is 1. The van der Waals surface area contributed by atoms with E-state index in [0.717, 1.165) is 17.1 Å². The first-order chi connectivity index (χ1) is 8.44. The zero-order valence-corrected chi connectivity index (χ0v) is 11.4. The van der Waals surface area contributed by atoms with Crippen LogP contribution in [0.5, 0.6) is 0 Å². The van der Waals surface area contributed by atoms with Crippen molar-refractivity contribution >= 4 is 5.71 Å². The standard InChI is InChI=1S/C13H21N3O2/c1-10-6-5-7-12(15-10)11(2)16-18-9-13(3,4)8-17-14/h5-7H,8-9,14H2,1-4H3. The molecule has 0 aliphatic rings. The molecule has 0 fully saturated rings. The Balaban J connectivity index is 2.57. The number of aryl methyl sites for hydroxylation is 1. The van der Waals surface area contributed by atoms with E-state index in [1.165, 1.54) is 0 Å². The first kappa shape index (κ1) is 14.6. The minimum atomic E-state index is -0.168. The maximum atomic E-state index is 5.32. The number of hydrogen-bond acceptors (Lipinski definition) is 5. The van der Waals surface area contributed by atoms with Crippen LogP contribution < -0.4 is 5.90 Å². The van der Waals surface area contributed by atoms with E-state index in [-0.39, 0.29) is 5.41 Å². The molecular formula is C13H21N3O2. The van der Waals surface area contributed by atoms with Gasteiger partial charge in [0.05, 0.1) is 12.3 Å². The van der Waals surface area contributed by atoms with E-state index in [1.54, 1.807) is 0 Å². The van der Waals surface area contributed by atoms with E-state index < -0.39 is 0 Å². The number of oxime groups is 1. The molecule has 0 saturated heterocycles. The van der Waals surface area contributed by atoms with Crippen LogP contribution in [0.2, 0.25) is 0 Å². The summed E-state index contributed by atoms with van der Waals surface area (Å²) in [5.41, 5.74) is 2.36. The summed E-state index contributed by atoms with van der Waals surface area (Å²) in [6.45, 7) is 8.66. The fourth-order valence-corrected chi connectivity index (χ4v) is 1.36. The van der Waals surface area contributed by atoms with Gasteiger partial charge in [-0.3, -0.25) is 4.98 Å². The smallest absolute Gasteiger partial charge is 0.124 e. The zero-order valence-electron chi connectivity index (χ0n) is 11.4. The number of pyridine rings is 1. The summed E-state index contributed by atoms with van der Waals surface area (Å²) >= 11 is 0. The van der Waals surface area contributed by atoms with Gasteiger partial charge in [0, 0.05) is 11.1 Å². The fraction of sp³-hybridized carbons (Fsp3) is 0.538. The van der Waals surface area contributed by atoms with Gasteiger partial charge in [-0.05, 0) is 26.0 Å². The predicted molar refractivity (Wildman–Crippen MR) is 71.1 cm³/mol. The molecule has 2 N–H and O–H groups in total. The topological polar surface area (TPSA) is 69.7 Å². The monoisotopic (exact) mass is 251 g/mol. The van der Waals surface area contributed by atoms with Gasteiger partial charge in [0.25, 0.3) is 0 Å². The van der Waals surface area contributed by atoms with Crippen molar-refractivity contribution in [3.63, 3.8) is 0 Å². The van der Waals surface area contributed by atoms with Crippen molar-refractivity contribution in [2.75, 3.05) is 13.2 Å². The Hall–Kier alpha value is -1.46. The maximum absolute atomic E-state index is 5.32. The summed E-state index contributed by atoms with van der Waals surface area (Å²) in [4.78, 5) is 14.3. The molecule has 5 nitrogen and oxygen atoms in total. The molecule has 0 spiro atoms. The van der Waals surface area contributed by atoms with E-state index in [9.17, 15) is 0 Å². The van der Waals surface area contributed by atoms with Gasteiger partial charge in [0.1, 0.15) is 12.3 Å². The summed E-state index contributed by atoms with van der Waals surface area (Å²) in [5.74, 6) is 5.05. The summed E-state index contributed by atoms with van der Waals surface area (Å²) in [5, 5.41) is 4.06. The average Bonchev–Trinajstić information content (AvgIpc) is 2.28. The van der Waals surface area contributed by atoms with Crippen molar-refractivity contribution in [1.29, 1.82) is 0 Å². The summed E-state index contributed by atoms with van der Waals surface area (Å²) in [7, 11) is 0. The third kappa shape index (κ3) is 4.81. The Bertz CT molecular complexity index is 416. The number of nitrogens with zero attached hydrogens (tertiary/aromatic N) is 2. The highest BCUT2D eigenvalue weighted by Crippen LogP contribution is 2.15. The normalized spacial score (nSPS) is 12.6. The first-order valence-electron chi connectivity index (χ1n) is 5.87. The van der Waals surface area contributed by atoms with Crippen LogP contribution in [0.1, 0.15) is 32.2 Å². The van der Waals surface area contributed by atoms with Gasteiger partial charge in [-0.25, -0.2) is 5.90 Å². The Labute approximate surface area is 108 Å². The van der Waals surface area contributed by atoms with Crippen molar-refractivity contribution in [3.8, 4) is 0 Å². The Morgan fingerprint density at radius 3 is 2.72 bits per heavy atom. The van der Waals surface area contributed by atoms with Gasteiger partial charge in [-0.2, -0.15) is 0 Å². The molecule has 5 heteroatoms. The molecule has 1 aromatic rings. The molecule has 0 unspecified atom stereocenters. The molecule has 1 heterocycles. The molecule has 18 heavy (non-hydrogen) atoms. The minimum Gasteiger partial charge on any atom is -0.395 e. The van der Waals surface area contributed by atoms with Gasteiger partial charge in [0.2, 0.25) is 0 Å². The number of nitrogens with two attached hydrogens (primary N) is 1. The van der Waals surface area contributed by atoms with Crippen molar-refractivity contribution in [2.24, 2.45) is 16.5 Å². The highest BCUT2D eigenvalue weighted by molar-refractivity contribution is 5.96. The van der Waals surface area contributed by atoms with Gasteiger partial charge < -0.3 is 9.68 Å². The van der Waals surface area contributed by atoms with Crippen molar-refractivity contribution in [2.45, 2.75) is 27.7 Å². The zero-order chi connectivity index (χ0) is 13.6. The summed E-state index contributed by atoms with van der Waals surface area (Å²) in [6.07, 6.45) is 0. The third-order valence-corrected chi connectivity index (χ3v) is 2.39. The van der Waals surface area contributed by atoms with Crippen LogP contribution in [0.25, 0.3) is 0 Å². The molecule has 0 amide bonds. The molecule has 0 aromatic carbocycles. The van der Waals surface area contributed by atoms with Gasteiger partial charge in [-0.1, -0.05) is 25.1 Å². The van der Waals surface area contributed by atoms with E-state index in [2.05, 4.69) is 15.0 Å². The van der Waals surface area contributed by atoms with Gasteiger partial charge in [0.15, 0.2) is 0 Å². The quantitative estimate of drug-likeness (QED) is 0.620. The lowest BCUT2D eigenvalue weighted by molar-refractivity contribution is -0.00235. The van der Waals surface area contributed by atoms with Crippen molar-refractivity contribution < 1.29 is 9.68 Å². The Morgan fingerprint density at radius 2 is 2.11 bits per heavy atom. The van der Waals surface area contributed by atoms with E-state index >= 15 is 0 Å². The molecule has 0 bridgehead atoms. The van der Waals surface area contributed by atoms with Gasteiger partial charge >= 0.3 is 0 Å². The summed E-state index contributed by atoms with van der Waals surface area (Å²) < 4.78 is 0. The third-order valence-electron chi connectivity index (χ3n) is 2.39. The molecule has 1 rings (SSSR count). The second kappa shape index (κ2) is 6.47. The number of rotatable bonds is 6. The molecule has 0 aliphatic carbocycles. The second-order valence-corrected chi connectivity index (χ2v) is 5.09. The minimum absolute atomic E-state index is 0.168. The van der Waals surface area contributed by atoms with Crippen LogP contribution in [0.4, 0.5) is 0 Å². The van der Waals surface area contributed by atoms with E-state index in [1.807, 2.05) is 45.9 Å². The molecule has 0 saturated carbocycles. The fourth-order valence-electron chi connectivity index (χ4n) is 1.36. The van der Waals surface area contributed by atoms with Crippen molar-refractivity contribution in [3.05, 3.63) is 29.6 Å². The van der Waals surface area contributed by atoms with Crippen LogP contribution in [0, 0.1) is 12.3 Å². The average molecular weight is 251 g/mol. The molecule has 100 valence electrons. The van der Waals surface area contributed by atoms with Crippen molar-refractivity contribution in [1.82, 2.24) is 4.98 Å². The van der Waals surface area contributed by atoms with E-state index in [0.29, 0.717) is 13.2 Å². The Morgan fingerprint density at radius 1 is 1.39 bits per heavy atom. The van der Waals surface area contributed by atoms with E-state index in [4.69, 9.17) is 10.7 Å². The lowest BCUT2D eigenvalue weighted by Crippen LogP contribution is -2.26. The summed E-state index contributed by atoms with van der Waals surface area (Å²) in [6, 6.07) is 5.80. The van der Waals surface area contributed by atoms with Crippen LogP contribution in [0.15, 0.2) is 23.4 Å². The van der Waals surface area contributed by atoms with Gasteiger partial charge in [-0.15, -0.1) is 0 Å². The molecule has 1 aromatic heterocycles. The molecule has 0 radical (unpaired) electrons. The highest BCUT2D eigenvalue weighted by atomic mass is 16.6. The van der Waals surface area contributed by atoms with Crippen LogP contribution in [0.3, 0.4) is 0 Å². The first-order valence-corrected chi connectivity index (χ1v) is 5.87. The SMILES string of the molecule is CC(=NOCC(C)(C)CON)c1cccc(C)n1. The van der Waals surface area contributed by atoms with Crippen LogP contribution in [-0.2, 0) is 9.68 Å². The highest BCUT2D eigenvalue weighted by Gasteiger charge is 2.19. The predicted octanol–water partition coefficient (Wildman–Crippen LogP) is 2.05. The number of aromatic nitrogens is 1. The van der Waals surface area contributed by atoms with Crippen LogP contribution in [-0.4, -0.2) is 23.9 Å². The second-order valence-electron chi connectivity index (χ2n) is 5.09. The van der Waals surface area contributed by atoms with Crippen LogP contribution >= 0.6 is 0 Å². The Kier molecular flexibility index (Phi) is 5.25. The lowest BCUT2D eigenvalue weighted by atomic mass is 9.97.